The van der Waals surface area contributed by atoms with E-state index in [2.05, 4.69) is 30.9 Å². The summed E-state index contributed by atoms with van der Waals surface area (Å²) in [6.45, 7) is 10.8. The van der Waals surface area contributed by atoms with E-state index in [4.69, 9.17) is 4.84 Å². The molecule has 5 fully saturated rings. The molecule has 0 spiro atoms. The second-order valence-electron chi connectivity index (χ2n) is 11.0. The minimum absolute atomic E-state index is 0.139. The Morgan fingerprint density at radius 3 is 2.72 bits per heavy atom. The van der Waals surface area contributed by atoms with Crippen LogP contribution >= 0.6 is 0 Å². The maximum Gasteiger partial charge on any atom is 0.141 e. The number of nitrogens with zero attached hydrogens (tertiary/aromatic N) is 1. The van der Waals surface area contributed by atoms with Gasteiger partial charge in [0, 0.05) is 36.6 Å². The summed E-state index contributed by atoms with van der Waals surface area (Å²) >= 11 is 0. The van der Waals surface area contributed by atoms with Gasteiger partial charge in [-0.1, -0.05) is 31.2 Å². The molecule has 4 saturated carbocycles. The molecule has 0 aromatic heterocycles. The fraction of sp³-hybridized carbons (Fsp3) is 0.833. The molecule has 5 rings (SSSR count). The van der Waals surface area contributed by atoms with Gasteiger partial charge in [-0.3, -0.25) is 4.79 Å². The van der Waals surface area contributed by atoms with Crippen LogP contribution in [0.4, 0.5) is 0 Å². The fourth-order valence-electron chi connectivity index (χ4n) is 7.70. The van der Waals surface area contributed by atoms with Crippen LogP contribution in [0.15, 0.2) is 17.3 Å². The van der Waals surface area contributed by atoms with E-state index in [0.717, 1.165) is 63.7 Å². The molecule has 160 valence electrons. The normalized spacial score (nSPS) is 50.9. The van der Waals surface area contributed by atoms with E-state index < -0.39 is 5.60 Å². The molecule has 1 unspecified atom stereocenters. The third-order valence-corrected chi connectivity index (χ3v) is 9.63. The van der Waals surface area contributed by atoms with Crippen LogP contribution in [0.3, 0.4) is 0 Å². The van der Waals surface area contributed by atoms with E-state index in [9.17, 15) is 9.90 Å². The van der Waals surface area contributed by atoms with Gasteiger partial charge in [0.2, 0.25) is 0 Å². The molecular formula is C24H36N2O3. The summed E-state index contributed by atoms with van der Waals surface area (Å²) in [7, 11) is 0. The number of aliphatic hydroxyl groups is 1. The van der Waals surface area contributed by atoms with Crippen LogP contribution in [-0.2, 0) is 9.63 Å². The number of oxime groups is 1. The van der Waals surface area contributed by atoms with Crippen LogP contribution in [0.25, 0.3) is 0 Å². The molecule has 5 nitrogen and oxygen atoms in total. The molecule has 1 saturated heterocycles. The molecule has 5 heteroatoms. The van der Waals surface area contributed by atoms with Crippen molar-refractivity contribution in [2.75, 3.05) is 13.1 Å². The standard InChI is InChI=1S/C24H36N2O3/c1-15-12-24(28)13-16(26-29-17-8-11-25-14-17)6-10-23(24,3)19-7-9-22(2)18(21(15)19)4-5-20(22)27/h17-19,21,25,28H,1,4-14H2,2-3H3/b26-16+/t17?,18-,19-,21-,22-,23+,24+/m0/s1. The van der Waals surface area contributed by atoms with Gasteiger partial charge in [-0.05, 0) is 62.8 Å². The van der Waals surface area contributed by atoms with Gasteiger partial charge in [0.05, 0.1) is 11.3 Å². The Kier molecular flexibility index (Phi) is 4.53. The molecule has 1 heterocycles. The highest BCUT2D eigenvalue weighted by Gasteiger charge is 2.65. The quantitative estimate of drug-likeness (QED) is 0.549. The summed E-state index contributed by atoms with van der Waals surface area (Å²) in [5.41, 5.74) is 1.07. The number of nitrogens with one attached hydrogen (secondary N) is 1. The third-order valence-electron chi connectivity index (χ3n) is 9.63. The lowest BCUT2D eigenvalue weighted by Crippen LogP contribution is -2.63. The summed E-state index contributed by atoms with van der Waals surface area (Å²) in [5.74, 6) is 1.66. The molecule has 29 heavy (non-hydrogen) atoms. The van der Waals surface area contributed by atoms with Crippen LogP contribution in [0.5, 0.6) is 0 Å². The molecule has 0 aromatic carbocycles. The Morgan fingerprint density at radius 2 is 1.97 bits per heavy atom. The first kappa shape index (κ1) is 19.7. The third kappa shape index (κ3) is 2.79. The highest BCUT2D eigenvalue weighted by Crippen LogP contribution is 2.67. The second kappa shape index (κ2) is 6.65. The van der Waals surface area contributed by atoms with Crippen molar-refractivity contribution in [2.45, 2.75) is 83.3 Å². The maximum atomic E-state index is 12.6. The van der Waals surface area contributed by atoms with Gasteiger partial charge in [0.1, 0.15) is 11.9 Å². The van der Waals surface area contributed by atoms with Gasteiger partial charge in [-0.2, -0.15) is 0 Å². The number of carbonyl (C=O) groups is 1. The van der Waals surface area contributed by atoms with E-state index >= 15 is 0 Å². The van der Waals surface area contributed by atoms with E-state index in [0.29, 0.717) is 36.4 Å². The van der Waals surface area contributed by atoms with Crippen LogP contribution in [0.2, 0.25) is 0 Å². The summed E-state index contributed by atoms with van der Waals surface area (Å²) in [5, 5.41) is 19.7. The van der Waals surface area contributed by atoms with Gasteiger partial charge in [-0.15, -0.1) is 0 Å². The van der Waals surface area contributed by atoms with Crippen molar-refractivity contribution in [2.24, 2.45) is 33.7 Å². The number of carbonyl (C=O) groups excluding carboxylic acids is 1. The molecule has 7 atom stereocenters. The Morgan fingerprint density at radius 1 is 1.14 bits per heavy atom. The Hall–Kier alpha value is -1.20. The zero-order valence-corrected chi connectivity index (χ0v) is 18.0. The molecular weight excluding hydrogens is 364 g/mol. The predicted molar refractivity (Wildman–Crippen MR) is 113 cm³/mol. The fourth-order valence-corrected chi connectivity index (χ4v) is 7.70. The van der Waals surface area contributed by atoms with Crippen molar-refractivity contribution in [3.63, 3.8) is 0 Å². The first-order chi connectivity index (χ1) is 13.8. The summed E-state index contributed by atoms with van der Waals surface area (Å²) in [4.78, 5) is 18.4. The lowest BCUT2D eigenvalue weighted by molar-refractivity contribution is -0.170. The van der Waals surface area contributed by atoms with Crippen LogP contribution in [0, 0.1) is 28.6 Å². The summed E-state index contributed by atoms with van der Waals surface area (Å²) < 4.78 is 0. The molecule has 0 radical (unpaired) electrons. The van der Waals surface area contributed by atoms with E-state index in [1.807, 2.05) is 0 Å². The van der Waals surface area contributed by atoms with Crippen molar-refractivity contribution in [1.29, 1.82) is 0 Å². The van der Waals surface area contributed by atoms with Gasteiger partial charge >= 0.3 is 0 Å². The number of rotatable bonds is 2. The van der Waals surface area contributed by atoms with Gasteiger partial charge in [0.15, 0.2) is 0 Å². The number of ketones is 1. The average molecular weight is 401 g/mol. The lowest BCUT2D eigenvalue weighted by atomic mass is 9.43. The number of fused-ring (bicyclic) bond motifs is 5. The monoisotopic (exact) mass is 400 g/mol. The number of Topliss-reactive ketones (excluding diaryl/α,β-unsaturated/α-hetero) is 1. The largest absolute Gasteiger partial charge is 0.391 e. The van der Waals surface area contributed by atoms with Crippen molar-refractivity contribution in [3.05, 3.63) is 12.2 Å². The van der Waals surface area contributed by atoms with E-state index in [1.54, 1.807) is 0 Å². The van der Waals surface area contributed by atoms with E-state index in [1.165, 1.54) is 5.57 Å². The molecule has 1 aliphatic heterocycles. The topological polar surface area (TPSA) is 70.9 Å². The summed E-state index contributed by atoms with van der Waals surface area (Å²) in [6.07, 6.45) is 7.94. The predicted octanol–water partition coefficient (Wildman–Crippen LogP) is 3.61. The molecule has 0 bridgehead atoms. The zero-order chi connectivity index (χ0) is 20.4. The van der Waals surface area contributed by atoms with Crippen molar-refractivity contribution < 1.29 is 14.7 Å². The Bertz CT molecular complexity index is 757. The molecule has 4 aliphatic carbocycles. The minimum atomic E-state index is -0.796. The molecule has 0 aromatic rings. The van der Waals surface area contributed by atoms with Crippen molar-refractivity contribution in [1.82, 2.24) is 5.32 Å². The maximum absolute atomic E-state index is 12.6. The van der Waals surface area contributed by atoms with Crippen LogP contribution < -0.4 is 5.32 Å². The van der Waals surface area contributed by atoms with Crippen LogP contribution in [-0.4, -0.2) is 41.4 Å². The molecule has 5 aliphatic rings. The average Bonchev–Trinajstić information content (AvgIpc) is 3.30. The Labute approximate surface area is 174 Å². The highest BCUT2D eigenvalue weighted by molar-refractivity contribution is 5.88. The van der Waals surface area contributed by atoms with Crippen molar-refractivity contribution >= 4 is 11.5 Å². The minimum Gasteiger partial charge on any atom is -0.391 e. The van der Waals surface area contributed by atoms with Gasteiger partial charge in [-0.25, -0.2) is 0 Å². The second-order valence-corrected chi connectivity index (χ2v) is 11.0. The van der Waals surface area contributed by atoms with Gasteiger partial charge in [0.25, 0.3) is 0 Å². The zero-order valence-electron chi connectivity index (χ0n) is 18.0. The van der Waals surface area contributed by atoms with Crippen molar-refractivity contribution in [3.8, 4) is 0 Å². The van der Waals surface area contributed by atoms with Gasteiger partial charge < -0.3 is 15.3 Å². The van der Waals surface area contributed by atoms with Crippen LogP contribution in [0.1, 0.15) is 71.6 Å². The summed E-state index contributed by atoms with van der Waals surface area (Å²) in [6, 6.07) is 0. The highest BCUT2D eigenvalue weighted by atomic mass is 16.6. The molecule has 2 N–H and O–H groups in total. The van der Waals surface area contributed by atoms with E-state index in [-0.39, 0.29) is 16.9 Å². The smallest absolute Gasteiger partial charge is 0.141 e. The molecule has 0 amide bonds. The first-order valence-electron chi connectivity index (χ1n) is 11.6. The lowest BCUT2D eigenvalue weighted by Gasteiger charge is -2.63. The number of hydrogen-bond donors (Lipinski definition) is 2. The first-order valence-corrected chi connectivity index (χ1v) is 11.6. The SMILES string of the molecule is C=C1C[C@@]2(O)C/C(=N/OC3CCNC3)CC[C@]2(C)[C@H]2CC[C@]3(C)C(=O)CC[C@H]3[C@H]12. The Balaban J connectivity index is 1.39. The number of hydrogen-bond acceptors (Lipinski definition) is 5.